The van der Waals surface area contributed by atoms with Gasteiger partial charge >= 0.3 is 0 Å². The minimum atomic E-state index is -0.149. The zero-order valence-corrected chi connectivity index (χ0v) is 9.34. The van der Waals surface area contributed by atoms with E-state index < -0.39 is 0 Å². The molecule has 0 heterocycles. The first-order chi connectivity index (χ1) is 7.15. The molecule has 1 N–H and O–H groups in total. The molecule has 2 rings (SSSR count). The Bertz CT molecular complexity index is 386. The summed E-state index contributed by atoms with van der Waals surface area (Å²) in [5, 5.41) is 3.12. The van der Waals surface area contributed by atoms with Crippen LogP contribution < -0.4 is 5.32 Å². The number of nitrogens with one attached hydrogen (secondary N) is 1. The van der Waals surface area contributed by atoms with Crippen LogP contribution in [0.15, 0.2) is 24.3 Å². The lowest BCUT2D eigenvalue weighted by Gasteiger charge is -2.27. The number of carbonyl (C=O) groups excluding carboxylic acids is 1. The van der Waals surface area contributed by atoms with Crippen LogP contribution in [0.2, 0.25) is 0 Å². The number of hydrogen-bond donors (Lipinski definition) is 1. The van der Waals surface area contributed by atoms with E-state index in [1.807, 2.05) is 13.0 Å². The average Bonchev–Trinajstić information content (AvgIpc) is 2.57. The molecule has 80 valence electrons. The number of benzene rings is 1. The molecule has 0 spiro atoms. The Morgan fingerprint density at radius 2 is 2.20 bits per heavy atom. The second-order valence-electron chi connectivity index (χ2n) is 4.39. The molecule has 15 heavy (non-hydrogen) atoms. The van der Waals surface area contributed by atoms with Crippen molar-refractivity contribution < 1.29 is 4.79 Å². The predicted octanol–water partition coefficient (Wildman–Crippen LogP) is 2.37. The van der Waals surface area contributed by atoms with Crippen molar-refractivity contribution >= 4 is 5.91 Å². The van der Waals surface area contributed by atoms with Gasteiger partial charge < -0.3 is 5.32 Å². The monoisotopic (exact) mass is 203 g/mol. The molecule has 0 fully saturated rings. The molecule has 0 saturated carbocycles. The highest BCUT2D eigenvalue weighted by Gasteiger charge is 2.34. The van der Waals surface area contributed by atoms with Crippen molar-refractivity contribution in [1.29, 1.82) is 0 Å². The van der Waals surface area contributed by atoms with Crippen LogP contribution in [0.5, 0.6) is 0 Å². The van der Waals surface area contributed by atoms with Gasteiger partial charge in [-0.05, 0) is 30.9 Å². The second kappa shape index (κ2) is 3.69. The van der Waals surface area contributed by atoms with Crippen LogP contribution in [0.3, 0.4) is 0 Å². The minimum Gasteiger partial charge on any atom is -0.347 e. The van der Waals surface area contributed by atoms with Gasteiger partial charge in [-0.1, -0.05) is 31.2 Å². The maximum atomic E-state index is 11.5. The van der Waals surface area contributed by atoms with Gasteiger partial charge in [-0.15, -0.1) is 0 Å². The van der Waals surface area contributed by atoms with Gasteiger partial charge in [0.1, 0.15) is 0 Å². The first-order valence-electron chi connectivity index (χ1n) is 5.55. The van der Waals surface area contributed by atoms with Crippen molar-refractivity contribution in [2.75, 3.05) is 0 Å². The zero-order chi connectivity index (χ0) is 10.9. The number of carbonyl (C=O) groups is 1. The molecule has 0 bridgehead atoms. The molecule has 0 saturated heterocycles. The molecule has 1 aromatic rings. The maximum Gasteiger partial charge on any atom is 0.220 e. The van der Waals surface area contributed by atoms with Crippen LogP contribution in [0.1, 0.15) is 37.8 Å². The number of hydrogen-bond acceptors (Lipinski definition) is 1. The molecule has 0 radical (unpaired) electrons. The lowest BCUT2D eigenvalue weighted by atomic mass is 9.94. The molecule has 2 heteroatoms. The van der Waals surface area contributed by atoms with Crippen LogP contribution in [0.25, 0.3) is 0 Å². The van der Waals surface area contributed by atoms with Gasteiger partial charge in [-0.25, -0.2) is 0 Å². The Balaban J connectivity index is 2.28. The summed E-state index contributed by atoms with van der Waals surface area (Å²) < 4.78 is 0. The van der Waals surface area contributed by atoms with Crippen LogP contribution in [0.4, 0.5) is 0 Å². The van der Waals surface area contributed by atoms with E-state index in [2.05, 4.69) is 30.4 Å². The Kier molecular flexibility index (Phi) is 2.51. The normalized spacial score (nSPS) is 23.6. The standard InChI is InChI=1S/C13H17NO/c1-3-12(15)14-13(2)9-8-10-6-4-5-7-11(10)13/h4-7H,3,8-9H2,1-2H3,(H,14,15)/t13-/m0/s1. The molecule has 0 aliphatic heterocycles. The fourth-order valence-electron chi connectivity index (χ4n) is 2.32. The van der Waals surface area contributed by atoms with E-state index in [9.17, 15) is 4.79 Å². The fourth-order valence-corrected chi connectivity index (χ4v) is 2.32. The molecular formula is C13H17NO. The van der Waals surface area contributed by atoms with E-state index in [0.717, 1.165) is 12.8 Å². The van der Waals surface area contributed by atoms with E-state index in [1.165, 1.54) is 11.1 Å². The number of rotatable bonds is 2. The molecule has 2 nitrogen and oxygen atoms in total. The van der Waals surface area contributed by atoms with Crippen LogP contribution >= 0.6 is 0 Å². The summed E-state index contributed by atoms with van der Waals surface area (Å²) in [4.78, 5) is 11.5. The van der Waals surface area contributed by atoms with Gasteiger partial charge in [0, 0.05) is 6.42 Å². The highest BCUT2D eigenvalue weighted by Crippen LogP contribution is 2.36. The Morgan fingerprint density at radius 1 is 1.47 bits per heavy atom. The summed E-state index contributed by atoms with van der Waals surface area (Å²) in [7, 11) is 0. The molecule has 1 aliphatic carbocycles. The van der Waals surface area contributed by atoms with E-state index in [-0.39, 0.29) is 11.4 Å². The fraction of sp³-hybridized carbons (Fsp3) is 0.462. The summed E-state index contributed by atoms with van der Waals surface area (Å²) in [6.45, 7) is 4.01. The summed E-state index contributed by atoms with van der Waals surface area (Å²) >= 11 is 0. The molecule has 1 amide bonds. The second-order valence-corrected chi connectivity index (χ2v) is 4.39. The number of aryl methyl sites for hydroxylation is 1. The molecule has 0 aromatic heterocycles. The van der Waals surface area contributed by atoms with Gasteiger partial charge in [0.05, 0.1) is 5.54 Å². The van der Waals surface area contributed by atoms with E-state index in [4.69, 9.17) is 0 Å². The van der Waals surface area contributed by atoms with Crippen molar-refractivity contribution in [1.82, 2.24) is 5.32 Å². The molecule has 1 aromatic carbocycles. The van der Waals surface area contributed by atoms with Gasteiger partial charge in [0.25, 0.3) is 0 Å². The Labute approximate surface area is 90.7 Å². The SMILES string of the molecule is CCC(=O)N[C@@]1(C)CCc2ccccc21. The summed E-state index contributed by atoms with van der Waals surface area (Å²) in [5.74, 6) is 0.134. The quantitative estimate of drug-likeness (QED) is 0.785. The molecule has 1 aliphatic rings. The van der Waals surface area contributed by atoms with Crippen molar-refractivity contribution in [2.45, 2.75) is 38.6 Å². The van der Waals surface area contributed by atoms with Crippen molar-refractivity contribution in [3.8, 4) is 0 Å². The maximum absolute atomic E-state index is 11.5. The molecular weight excluding hydrogens is 186 g/mol. The van der Waals surface area contributed by atoms with E-state index in [1.54, 1.807) is 0 Å². The smallest absolute Gasteiger partial charge is 0.220 e. The Morgan fingerprint density at radius 3 is 2.93 bits per heavy atom. The van der Waals surface area contributed by atoms with Gasteiger partial charge in [0.15, 0.2) is 0 Å². The number of amides is 1. The summed E-state index contributed by atoms with van der Waals surface area (Å²) in [5.41, 5.74) is 2.51. The summed E-state index contributed by atoms with van der Waals surface area (Å²) in [6.07, 6.45) is 2.63. The molecule has 0 unspecified atom stereocenters. The van der Waals surface area contributed by atoms with Gasteiger partial charge in [-0.2, -0.15) is 0 Å². The molecule has 1 atom stereocenters. The summed E-state index contributed by atoms with van der Waals surface area (Å²) in [6, 6.07) is 8.38. The third-order valence-electron chi connectivity index (χ3n) is 3.24. The zero-order valence-electron chi connectivity index (χ0n) is 9.34. The predicted molar refractivity (Wildman–Crippen MR) is 60.5 cm³/mol. The van der Waals surface area contributed by atoms with E-state index >= 15 is 0 Å². The van der Waals surface area contributed by atoms with Crippen LogP contribution in [0, 0.1) is 0 Å². The first-order valence-corrected chi connectivity index (χ1v) is 5.55. The topological polar surface area (TPSA) is 29.1 Å². The minimum absolute atomic E-state index is 0.134. The lowest BCUT2D eigenvalue weighted by Crippen LogP contribution is -2.41. The van der Waals surface area contributed by atoms with Gasteiger partial charge in [0.2, 0.25) is 5.91 Å². The van der Waals surface area contributed by atoms with Gasteiger partial charge in [-0.3, -0.25) is 4.79 Å². The third kappa shape index (κ3) is 1.76. The largest absolute Gasteiger partial charge is 0.347 e. The average molecular weight is 203 g/mol. The number of fused-ring (bicyclic) bond motifs is 1. The van der Waals surface area contributed by atoms with Crippen molar-refractivity contribution in [3.05, 3.63) is 35.4 Å². The first kappa shape index (κ1) is 10.2. The van der Waals surface area contributed by atoms with Crippen molar-refractivity contribution in [3.63, 3.8) is 0 Å². The lowest BCUT2D eigenvalue weighted by molar-refractivity contribution is -0.122. The van der Waals surface area contributed by atoms with Crippen LogP contribution in [-0.4, -0.2) is 5.91 Å². The van der Waals surface area contributed by atoms with Crippen molar-refractivity contribution in [2.24, 2.45) is 0 Å². The third-order valence-corrected chi connectivity index (χ3v) is 3.24. The van der Waals surface area contributed by atoms with E-state index in [0.29, 0.717) is 6.42 Å². The highest BCUT2D eigenvalue weighted by atomic mass is 16.1. The highest BCUT2D eigenvalue weighted by molar-refractivity contribution is 5.76. The van der Waals surface area contributed by atoms with Crippen LogP contribution in [-0.2, 0) is 16.8 Å². The Hall–Kier alpha value is -1.31.